The van der Waals surface area contributed by atoms with Gasteiger partial charge in [-0.05, 0) is 84.9 Å². The average Bonchev–Trinajstić information content (AvgIpc) is 3.60. The normalized spacial score (nSPS) is 11.6. The number of aromatic nitrogens is 4. The molecule has 0 N–H and O–H groups in total. The molecule has 4 heteroatoms. The lowest BCUT2D eigenvalue weighted by molar-refractivity contribution is 0.953. The molecule has 55 heavy (non-hydrogen) atoms. The van der Waals surface area contributed by atoms with Crippen LogP contribution in [0.1, 0.15) is 0 Å². The van der Waals surface area contributed by atoms with Gasteiger partial charge >= 0.3 is 0 Å². The molecule has 11 aromatic rings. The Morgan fingerprint density at radius 1 is 0.255 bits per heavy atom. The SMILES string of the molecule is c1ccc(-c2nc(-c3ccccc3)nc(-n3c4ccccc4c4cc(-c5cccc(-c6ccc7c8ccccc8c8ccccc8c7c6)c5)ccc43)n2)cc1. The Morgan fingerprint density at radius 3 is 1.27 bits per heavy atom. The van der Waals surface area contributed by atoms with Gasteiger partial charge < -0.3 is 0 Å². The van der Waals surface area contributed by atoms with E-state index < -0.39 is 0 Å². The van der Waals surface area contributed by atoms with Crippen molar-refractivity contribution in [3.63, 3.8) is 0 Å². The third-order valence-corrected chi connectivity index (χ3v) is 10.8. The molecule has 0 amide bonds. The van der Waals surface area contributed by atoms with Crippen LogP contribution in [-0.2, 0) is 0 Å². The monoisotopic (exact) mass is 700 g/mol. The predicted octanol–water partition coefficient (Wildman–Crippen LogP) is 13.1. The van der Waals surface area contributed by atoms with Crippen molar-refractivity contribution in [2.75, 3.05) is 0 Å². The van der Waals surface area contributed by atoms with Crippen LogP contribution < -0.4 is 0 Å². The minimum Gasteiger partial charge on any atom is -0.278 e. The third kappa shape index (κ3) is 5.19. The van der Waals surface area contributed by atoms with Gasteiger partial charge in [-0.2, -0.15) is 9.97 Å². The molecule has 0 fully saturated rings. The van der Waals surface area contributed by atoms with Gasteiger partial charge in [-0.25, -0.2) is 4.98 Å². The van der Waals surface area contributed by atoms with E-state index in [1.54, 1.807) is 0 Å². The molecule has 0 saturated carbocycles. The Balaban J connectivity index is 1.06. The topological polar surface area (TPSA) is 43.6 Å². The maximum Gasteiger partial charge on any atom is 0.238 e. The molecule has 0 aliphatic carbocycles. The number of rotatable bonds is 5. The van der Waals surface area contributed by atoms with Crippen molar-refractivity contribution in [1.82, 2.24) is 19.5 Å². The van der Waals surface area contributed by atoms with Crippen molar-refractivity contribution in [3.8, 4) is 51.0 Å². The lowest BCUT2D eigenvalue weighted by atomic mass is 9.91. The quantitative estimate of drug-likeness (QED) is 0.168. The smallest absolute Gasteiger partial charge is 0.238 e. The first-order valence-corrected chi connectivity index (χ1v) is 18.6. The van der Waals surface area contributed by atoms with E-state index in [1.807, 2.05) is 60.7 Å². The van der Waals surface area contributed by atoms with Crippen LogP contribution in [0.25, 0.3) is 105 Å². The van der Waals surface area contributed by atoms with Crippen molar-refractivity contribution < 1.29 is 0 Å². The summed E-state index contributed by atoms with van der Waals surface area (Å²) in [6.45, 7) is 0. The van der Waals surface area contributed by atoms with Crippen LogP contribution in [0.2, 0.25) is 0 Å². The number of benzene rings is 9. The largest absolute Gasteiger partial charge is 0.278 e. The van der Waals surface area contributed by atoms with E-state index in [-0.39, 0.29) is 0 Å². The van der Waals surface area contributed by atoms with Gasteiger partial charge in [0.15, 0.2) is 11.6 Å². The van der Waals surface area contributed by atoms with Crippen LogP contribution in [0, 0.1) is 0 Å². The summed E-state index contributed by atoms with van der Waals surface area (Å²) in [7, 11) is 0. The average molecular weight is 701 g/mol. The lowest BCUT2D eigenvalue weighted by Gasteiger charge is -2.13. The van der Waals surface area contributed by atoms with E-state index in [4.69, 9.17) is 15.0 Å². The summed E-state index contributed by atoms with van der Waals surface area (Å²) in [5.74, 6) is 1.86. The van der Waals surface area contributed by atoms with E-state index in [0.717, 1.165) is 44.1 Å². The Hall–Kier alpha value is -7.43. The first-order chi connectivity index (χ1) is 27.3. The molecule has 4 nitrogen and oxygen atoms in total. The Kier molecular flexibility index (Phi) is 7.14. The van der Waals surface area contributed by atoms with Gasteiger partial charge in [0.2, 0.25) is 5.95 Å². The summed E-state index contributed by atoms with van der Waals surface area (Å²) < 4.78 is 2.18. The second kappa shape index (κ2) is 12.6. The van der Waals surface area contributed by atoms with Crippen LogP contribution in [0.4, 0.5) is 0 Å². The van der Waals surface area contributed by atoms with E-state index in [9.17, 15) is 0 Å². The minimum atomic E-state index is 0.588. The Morgan fingerprint density at radius 2 is 0.673 bits per heavy atom. The van der Waals surface area contributed by atoms with Crippen LogP contribution in [0.5, 0.6) is 0 Å². The molecule has 2 heterocycles. The minimum absolute atomic E-state index is 0.588. The van der Waals surface area contributed by atoms with Crippen LogP contribution >= 0.6 is 0 Å². The number of para-hydroxylation sites is 1. The van der Waals surface area contributed by atoms with E-state index in [2.05, 4.69) is 138 Å². The lowest BCUT2D eigenvalue weighted by Crippen LogP contribution is -2.06. The Bertz CT molecular complexity index is 3160. The van der Waals surface area contributed by atoms with Gasteiger partial charge in [-0.3, -0.25) is 4.57 Å². The van der Waals surface area contributed by atoms with Crippen molar-refractivity contribution in [2.24, 2.45) is 0 Å². The Labute approximate surface area is 317 Å². The molecule has 0 bridgehead atoms. The standard InChI is InChI=1S/C51H32N4/c1-3-14-33(15-4-1)49-52-50(34-16-5-2-6-17-34)54-51(53-49)55-47-25-12-11-24-44(47)46-32-38(27-29-48(46)55)36-19-13-18-35(30-36)37-26-28-43-41-22-8-7-20-39(41)40-21-9-10-23-42(40)45(43)31-37/h1-32H. The molecule has 0 atom stereocenters. The van der Waals surface area contributed by atoms with Crippen LogP contribution in [0.15, 0.2) is 194 Å². The van der Waals surface area contributed by atoms with Gasteiger partial charge in [0.25, 0.3) is 0 Å². The summed E-state index contributed by atoms with van der Waals surface area (Å²) >= 11 is 0. The summed E-state index contributed by atoms with van der Waals surface area (Å²) in [6, 6.07) is 68.8. The first-order valence-electron chi connectivity index (χ1n) is 18.6. The van der Waals surface area contributed by atoms with E-state index in [1.165, 1.54) is 43.4 Å². The second-order valence-corrected chi connectivity index (χ2v) is 14.0. The number of hydrogen-bond acceptors (Lipinski definition) is 3. The van der Waals surface area contributed by atoms with E-state index >= 15 is 0 Å². The van der Waals surface area contributed by atoms with Crippen LogP contribution in [0.3, 0.4) is 0 Å². The van der Waals surface area contributed by atoms with Gasteiger partial charge in [0, 0.05) is 21.9 Å². The number of hydrogen-bond donors (Lipinski definition) is 0. The van der Waals surface area contributed by atoms with Gasteiger partial charge in [0.05, 0.1) is 11.0 Å². The second-order valence-electron chi connectivity index (χ2n) is 14.0. The zero-order valence-corrected chi connectivity index (χ0v) is 29.8. The third-order valence-electron chi connectivity index (χ3n) is 10.8. The fourth-order valence-electron chi connectivity index (χ4n) is 8.23. The molecule has 0 aliphatic heterocycles. The molecule has 0 spiro atoms. The van der Waals surface area contributed by atoms with Crippen LogP contribution in [-0.4, -0.2) is 19.5 Å². The number of nitrogens with zero attached hydrogens (tertiary/aromatic N) is 4. The van der Waals surface area contributed by atoms with Gasteiger partial charge in [-0.1, -0.05) is 164 Å². The highest BCUT2D eigenvalue weighted by atomic mass is 15.2. The summed E-state index contributed by atoms with van der Waals surface area (Å²) in [4.78, 5) is 15.1. The van der Waals surface area contributed by atoms with E-state index in [0.29, 0.717) is 17.6 Å². The summed E-state index contributed by atoms with van der Waals surface area (Å²) in [6.07, 6.45) is 0. The molecule has 256 valence electrons. The molecule has 0 radical (unpaired) electrons. The molecule has 2 aromatic heterocycles. The summed E-state index contributed by atoms with van der Waals surface area (Å²) in [5, 5.41) is 9.98. The maximum atomic E-state index is 5.10. The van der Waals surface area contributed by atoms with Crippen molar-refractivity contribution in [2.45, 2.75) is 0 Å². The molecule has 11 rings (SSSR count). The zero-order valence-electron chi connectivity index (χ0n) is 29.8. The molecular formula is C51H32N4. The number of fused-ring (bicyclic) bond motifs is 9. The highest BCUT2D eigenvalue weighted by molar-refractivity contribution is 6.25. The maximum absolute atomic E-state index is 5.10. The highest BCUT2D eigenvalue weighted by Gasteiger charge is 2.18. The van der Waals surface area contributed by atoms with Crippen molar-refractivity contribution in [1.29, 1.82) is 0 Å². The fraction of sp³-hybridized carbons (Fsp3) is 0. The molecule has 0 aliphatic rings. The molecule has 0 saturated heterocycles. The first kappa shape index (κ1) is 31.1. The molecule has 9 aromatic carbocycles. The van der Waals surface area contributed by atoms with Gasteiger partial charge in [0.1, 0.15) is 0 Å². The predicted molar refractivity (Wildman–Crippen MR) is 228 cm³/mol. The highest BCUT2D eigenvalue weighted by Crippen LogP contribution is 2.39. The van der Waals surface area contributed by atoms with Crippen molar-refractivity contribution >= 4 is 54.1 Å². The zero-order chi connectivity index (χ0) is 36.3. The molecule has 0 unspecified atom stereocenters. The summed E-state index contributed by atoms with van der Waals surface area (Å²) in [5.41, 5.74) is 8.68. The van der Waals surface area contributed by atoms with Gasteiger partial charge in [-0.15, -0.1) is 0 Å². The molecular weight excluding hydrogens is 669 g/mol. The van der Waals surface area contributed by atoms with Crippen molar-refractivity contribution in [3.05, 3.63) is 194 Å². The fourth-order valence-corrected chi connectivity index (χ4v) is 8.23.